The third-order valence-electron chi connectivity index (χ3n) is 3.64. The lowest BCUT2D eigenvalue weighted by Crippen LogP contribution is -2.25. The minimum atomic E-state index is 0.0806. The van der Waals surface area contributed by atoms with Gasteiger partial charge in [-0.2, -0.15) is 0 Å². The van der Waals surface area contributed by atoms with Crippen LogP contribution in [0.25, 0.3) is 0 Å². The SMILES string of the molecule is CC1(c2ccc(Br)cc2)CNc2ccccc21. The van der Waals surface area contributed by atoms with E-state index in [-0.39, 0.29) is 5.41 Å². The number of rotatable bonds is 1. The summed E-state index contributed by atoms with van der Waals surface area (Å²) in [6, 6.07) is 17.2. The quantitative estimate of drug-likeness (QED) is 0.830. The van der Waals surface area contributed by atoms with Gasteiger partial charge < -0.3 is 5.32 Å². The second-order valence-electron chi connectivity index (χ2n) is 4.74. The molecule has 1 atom stereocenters. The van der Waals surface area contributed by atoms with Gasteiger partial charge in [-0.05, 0) is 36.2 Å². The molecule has 1 unspecified atom stereocenters. The first kappa shape index (κ1) is 10.8. The minimum absolute atomic E-state index is 0.0806. The fourth-order valence-corrected chi connectivity index (χ4v) is 2.83. The van der Waals surface area contributed by atoms with Gasteiger partial charge in [0, 0.05) is 22.1 Å². The maximum Gasteiger partial charge on any atom is 0.0382 e. The number of fused-ring (bicyclic) bond motifs is 1. The zero-order chi connectivity index (χ0) is 11.9. The molecule has 17 heavy (non-hydrogen) atoms. The Hall–Kier alpha value is -1.28. The molecule has 0 aliphatic carbocycles. The van der Waals surface area contributed by atoms with Gasteiger partial charge in [0.1, 0.15) is 0 Å². The van der Waals surface area contributed by atoms with E-state index in [2.05, 4.69) is 76.7 Å². The molecular formula is C15H14BrN. The molecule has 3 rings (SSSR count). The summed E-state index contributed by atoms with van der Waals surface area (Å²) < 4.78 is 1.13. The third kappa shape index (κ3) is 1.67. The standard InChI is InChI=1S/C15H14BrN/c1-15(11-6-8-12(16)9-7-11)10-17-14-5-3-2-4-13(14)15/h2-9,17H,10H2,1H3. The maximum absolute atomic E-state index is 3.49. The summed E-state index contributed by atoms with van der Waals surface area (Å²) in [4.78, 5) is 0. The summed E-state index contributed by atoms with van der Waals surface area (Å²) in [5.74, 6) is 0. The van der Waals surface area contributed by atoms with Crippen molar-refractivity contribution in [1.29, 1.82) is 0 Å². The molecule has 0 fully saturated rings. The van der Waals surface area contributed by atoms with Crippen LogP contribution in [0.15, 0.2) is 53.0 Å². The fraction of sp³-hybridized carbons (Fsp3) is 0.200. The molecule has 0 aromatic heterocycles. The fourth-order valence-electron chi connectivity index (χ4n) is 2.56. The van der Waals surface area contributed by atoms with Crippen LogP contribution in [0.5, 0.6) is 0 Å². The van der Waals surface area contributed by atoms with Gasteiger partial charge >= 0.3 is 0 Å². The highest BCUT2D eigenvalue weighted by Crippen LogP contribution is 2.41. The molecule has 1 N–H and O–H groups in total. The summed E-state index contributed by atoms with van der Waals surface area (Å²) in [6.45, 7) is 3.27. The van der Waals surface area contributed by atoms with Crippen molar-refractivity contribution < 1.29 is 0 Å². The molecule has 2 heteroatoms. The van der Waals surface area contributed by atoms with Gasteiger partial charge in [0.05, 0.1) is 0 Å². The molecule has 2 aromatic rings. The normalized spacial score (nSPS) is 22.0. The van der Waals surface area contributed by atoms with Crippen molar-refractivity contribution in [1.82, 2.24) is 0 Å². The molecule has 0 saturated carbocycles. The van der Waals surface area contributed by atoms with E-state index in [1.54, 1.807) is 0 Å². The number of hydrogen-bond acceptors (Lipinski definition) is 1. The molecule has 86 valence electrons. The molecule has 0 spiro atoms. The van der Waals surface area contributed by atoms with Crippen molar-refractivity contribution >= 4 is 21.6 Å². The number of para-hydroxylation sites is 1. The number of nitrogens with one attached hydrogen (secondary N) is 1. The van der Waals surface area contributed by atoms with Gasteiger partial charge in [-0.1, -0.05) is 46.3 Å². The monoisotopic (exact) mass is 287 g/mol. The second-order valence-corrected chi connectivity index (χ2v) is 5.65. The zero-order valence-corrected chi connectivity index (χ0v) is 11.3. The largest absolute Gasteiger partial charge is 0.384 e. The lowest BCUT2D eigenvalue weighted by molar-refractivity contribution is 0.635. The first-order valence-corrected chi connectivity index (χ1v) is 6.59. The lowest BCUT2D eigenvalue weighted by atomic mass is 9.78. The van der Waals surface area contributed by atoms with Crippen molar-refractivity contribution in [2.24, 2.45) is 0 Å². The summed E-state index contributed by atoms with van der Waals surface area (Å²) in [5, 5.41) is 3.49. The van der Waals surface area contributed by atoms with Gasteiger partial charge in [-0.25, -0.2) is 0 Å². The Bertz CT molecular complexity index is 547. The van der Waals surface area contributed by atoms with Crippen LogP contribution < -0.4 is 5.32 Å². The van der Waals surface area contributed by atoms with Crippen molar-refractivity contribution in [3.05, 3.63) is 64.1 Å². The van der Waals surface area contributed by atoms with E-state index in [4.69, 9.17) is 0 Å². The molecule has 0 saturated heterocycles. The van der Waals surface area contributed by atoms with E-state index in [1.807, 2.05) is 0 Å². The van der Waals surface area contributed by atoms with Crippen molar-refractivity contribution in [3.8, 4) is 0 Å². The number of hydrogen-bond donors (Lipinski definition) is 1. The van der Waals surface area contributed by atoms with Crippen LogP contribution in [-0.4, -0.2) is 6.54 Å². The molecule has 2 aromatic carbocycles. The Morgan fingerprint density at radius 2 is 1.76 bits per heavy atom. The Kier molecular flexibility index (Phi) is 2.48. The van der Waals surface area contributed by atoms with Crippen molar-refractivity contribution in [2.45, 2.75) is 12.3 Å². The molecular weight excluding hydrogens is 274 g/mol. The maximum atomic E-state index is 3.49. The molecule has 0 bridgehead atoms. The van der Waals surface area contributed by atoms with Gasteiger partial charge in [-0.15, -0.1) is 0 Å². The molecule has 0 radical (unpaired) electrons. The van der Waals surface area contributed by atoms with Crippen LogP contribution in [0, 0.1) is 0 Å². The highest BCUT2D eigenvalue weighted by Gasteiger charge is 2.35. The highest BCUT2D eigenvalue weighted by molar-refractivity contribution is 9.10. The lowest BCUT2D eigenvalue weighted by Gasteiger charge is -2.25. The summed E-state index contributed by atoms with van der Waals surface area (Å²) in [6.07, 6.45) is 0. The van der Waals surface area contributed by atoms with Crippen LogP contribution in [0.1, 0.15) is 18.1 Å². The minimum Gasteiger partial charge on any atom is -0.384 e. The third-order valence-corrected chi connectivity index (χ3v) is 4.16. The molecule has 1 aliphatic heterocycles. The first-order chi connectivity index (χ1) is 8.20. The van der Waals surface area contributed by atoms with E-state index >= 15 is 0 Å². The van der Waals surface area contributed by atoms with Gasteiger partial charge in [0.25, 0.3) is 0 Å². The molecule has 1 nitrogen and oxygen atoms in total. The Morgan fingerprint density at radius 3 is 2.53 bits per heavy atom. The van der Waals surface area contributed by atoms with Crippen molar-refractivity contribution in [3.63, 3.8) is 0 Å². The Labute approximate surface area is 110 Å². The van der Waals surface area contributed by atoms with Gasteiger partial charge in [0.2, 0.25) is 0 Å². The van der Waals surface area contributed by atoms with Gasteiger partial charge in [0.15, 0.2) is 0 Å². The summed E-state index contributed by atoms with van der Waals surface area (Å²) in [7, 11) is 0. The number of halogens is 1. The van der Waals surface area contributed by atoms with Crippen LogP contribution >= 0.6 is 15.9 Å². The van der Waals surface area contributed by atoms with E-state index < -0.39 is 0 Å². The zero-order valence-electron chi connectivity index (χ0n) is 9.70. The van der Waals surface area contributed by atoms with Crippen LogP contribution in [0.3, 0.4) is 0 Å². The molecule has 1 aliphatic rings. The van der Waals surface area contributed by atoms with E-state index in [0.29, 0.717) is 0 Å². The summed E-state index contributed by atoms with van der Waals surface area (Å²) in [5.41, 5.74) is 4.09. The Balaban J connectivity index is 2.12. The topological polar surface area (TPSA) is 12.0 Å². The van der Waals surface area contributed by atoms with E-state index in [0.717, 1.165) is 11.0 Å². The average Bonchev–Trinajstić information content (AvgIpc) is 2.70. The smallest absolute Gasteiger partial charge is 0.0382 e. The van der Waals surface area contributed by atoms with Crippen molar-refractivity contribution in [2.75, 3.05) is 11.9 Å². The van der Waals surface area contributed by atoms with Gasteiger partial charge in [-0.3, -0.25) is 0 Å². The molecule has 0 amide bonds. The van der Waals surface area contributed by atoms with Crippen LogP contribution in [-0.2, 0) is 5.41 Å². The van der Waals surface area contributed by atoms with Crippen LogP contribution in [0.2, 0.25) is 0 Å². The molecule has 1 heterocycles. The first-order valence-electron chi connectivity index (χ1n) is 5.79. The average molecular weight is 288 g/mol. The number of anilines is 1. The Morgan fingerprint density at radius 1 is 1.06 bits per heavy atom. The van der Waals surface area contributed by atoms with E-state index in [9.17, 15) is 0 Å². The summed E-state index contributed by atoms with van der Waals surface area (Å²) >= 11 is 3.49. The predicted molar refractivity (Wildman–Crippen MR) is 75.5 cm³/mol. The van der Waals surface area contributed by atoms with E-state index in [1.165, 1.54) is 16.8 Å². The highest BCUT2D eigenvalue weighted by atomic mass is 79.9. The number of benzene rings is 2. The predicted octanol–water partition coefficient (Wildman–Crippen LogP) is 4.18. The van der Waals surface area contributed by atoms with Crippen LogP contribution in [0.4, 0.5) is 5.69 Å². The second kappa shape index (κ2) is 3.88.